The molecule has 1 aromatic heterocycles. The highest BCUT2D eigenvalue weighted by Crippen LogP contribution is 2.32. The SMILES string of the molecule is Cc1ccccc1CNC(=O)c1ccc(N2CCc3ccccc32)nn1. The van der Waals surface area contributed by atoms with Crippen LogP contribution < -0.4 is 10.2 Å². The van der Waals surface area contributed by atoms with Crippen molar-refractivity contribution in [2.24, 2.45) is 0 Å². The van der Waals surface area contributed by atoms with Crippen molar-refractivity contribution in [1.82, 2.24) is 15.5 Å². The van der Waals surface area contributed by atoms with Gasteiger partial charge in [-0.2, -0.15) is 0 Å². The van der Waals surface area contributed by atoms with Crippen LogP contribution in [0.1, 0.15) is 27.2 Å². The monoisotopic (exact) mass is 344 g/mol. The molecule has 0 spiro atoms. The van der Waals surface area contributed by atoms with Crippen molar-refractivity contribution in [3.8, 4) is 0 Å². The summed E-state index contributed by atoms with van der Waals surface area (Å²) in [5.41, 5.74) is 5.06. The van der Waals surface area contributed by atoms with E-state index < -0.39 is 0 Å². The molecular formula is C21H20N4O. The Kier molecular flexibility index (Phi) is 4.35. The molecule has 1 amide bonds. The Bertz CT molecular complexity index is 937. The lowest BCUT2D eigenvalue weighted by atomic mass is 10.1. The number of rotatable bonds is 4. The van der Waals surface area contributed by atoms with Crippen LogP contribution in [-0.2, 0) is 13.0 Å². The van der Waals surface area contributed by atoms with Gasteiger partial charge < -0.3 is 10.2 Å². The Hall–Kier alpha value is -3.21. The standard InChI is InChI=1S/C21H20N4O/c1-15-6-2-3-8-17(15)14-22-21(26)18-10-11-20(24-23-18)25-13-12-16-7-4-5-9-19(16)25/h2-11H,12-14H2,1H3,(H,22,26). The van der Waals surface area contributed by atoms with Gasteiger partial charge in [0.2, 0.25) is 0 Å². The first-order valence-electron chi connectivity index (χ1n) is 8.74. The van der Waals surface area contributed by atoms with E-state index in [1.807, 2.05) is 43.3 Å². The topological polar surface area (TPSA) is 58.1 Å². The summed E-state index contributed by atoms with van der Waals surface area (Å²) in [5.74, 6) is 0.555. The van der Waals surface area contributed by atoms with Gasteiger partial charge in [0.05, 0.1) is 0 Å². The molecule has 0 bridgehead atoms. The minimum atomic E-state index is -0.214. The van der Waals surface area contributed by atoms with Crippen LogP contribution in [-0.4, -0.2) is 22.6 Å². The highest BCUT2D eigenvalue weighted by Gasteiger charge is 2.21. The normalized spacial score (nSPS) is 12.7. The lowest BCUT2D eigenvalue weighted by Gasteiger charge is -2.17. The van der Waals surface area contributed by atoms with Crippen LogP contribution in [0.15, 0.2) is 60.7 Å². The first-order chi connectivity index (χ1) is 12.7. The number of aryl methyl sites for hydroxylation is 1. The highest BCUT2D eigenvalue weighted by molar-refractivity contribution is 5.92. The Balaban J connectivity index is 1.45. The van der Waals surface area contributed by atoms with Crippen molar-refractivity contribution in [2.45, 2.75) is 19.9 Å². The Morgan fingerprint density at radius 3 is 2.65 bits per heavy atom. The predicted octanol–water partition coefficient (Wildman–Crippen LogP) is 3.41. The number of amides is 1. The minimum Gasteiger partial charge on any atom is -0.347 e. The molecule has 0 aliphatic carbocycles. The average Bonchev–Trinajstić information content (AvgIpc) is 3.11. The van der Waals surface area contributed by atoms with Gasteiger partial charge >= 0.3 is 0 Å². The fourth-order valence-electron chi connectivity index (χ4n) is 3.24. The maximum Gasteiger partial charge on any atom is 0.272 e. The van der Waals surface area contributed by atoms with E-state index in [0.717, 1.165) is 29.9 Å². The smallest absolute Gasteiger partial charge is 0.272 e. The van der Waals surface area contributed by atoms with Gasteiger partial charge in [0.15, 0.2) is 11.5 Å². The van der Waals surface area contributed by atoms with E-state index >= 15 is 0 Å². The van der Waals surface area contributed by atoms with Crippen molar-refractivity contribution < 1.29 is 4.79 Å². The molecule has 0 atom stereocenters. The molecule has 1 aliphatic heterocycles. The van der Waals surface area contributed by atoms with Crippen LogP contribution in [0.4, 0.5) is 11.5 Å². The number of anilines is 2. The summed E-state index contributed by atoms with van der Waals surface area (Å²) in [4.78, 5) is 14.5. The molecule has 0 radical (unpaired) electrons. The molecule has 5 heteroatoms. The van der Waals surface area contributed by atoms with Crippen molar-refractivity contribution in [2.75, 3.05) is 11.4 Å². The number of fused-ring (bicyclic) bond motifs is 1. The quantitative estimate of drug-likeness (QED) is 0.788. The third kappa shape index (κ3) is 3.16. The Morgan fingerprint density at radius 2 is 1.85 bits per heavy atom. The zero-order valence-electron chi connectivity index (χ0n) is 14.6. The van der Waals surface area contributed by atoms with Crippen molar-refractivity contribution in [1.29, 1.82) is 0 Å². The van der Waals surface area contributed by atoms with Crippen LogP contribution >= 0.6 is 0 Å². The van der Waals surface area contributed by atoms with Crippen LogP contribution in [0.2, 0.25) is 0 Å². The summed E-state index contributed by atoms with van der Waals surface area (Å²) >= 11 is 0. The van der Waals surface area contributed by atoms with Gasteiger partial charge in [0.25, 0.3) is 5.91 Å². The molecule has 3 aromatic rings. The van der Waals surface area contributed by atoms with Gasteiger partial charge in [-0.25, -0.2) is 0 Å². The third-order valence-electron chi connectivity index (χ3n) is 4.75. The number of aromatic nitrogens is 2. The molecule has 0 fully saturated rings. The average molecular weight is 344 g/mol. The van der Waals surface area contributed by atoms with E-state index in [2.05, 4.69) is 38.6 Å². The van der Waals surface area contributed by atoms with Crippen LogP contribution in [0, 0.1) is 6.92 Å². The van der Waals surface area contributed by atoms with Crippen molar-refractivity contribution in [3.05, 3.63) is 83.0 Å². The van der Waals surface area contributed by atoms with Gasteiger partial charge in [-0.1, -0.05) is 42.5 Å². The maximum atomic E-state index is 12.3. The largest absolute Gasteiger partial charge is 0.347 e. The summed E-state index contributed by atoms with van der Waals surface area (Å²) in [5, 5.41) is 11.3. The second-order valence-corrected chi connectivity index (χ2v) is 6.42. The molecule has 0 saturated carbocycles. The molecule has 2 heterocycles. The van der Waals surface area contributed by atoms with Gasteiger partial charge in [-0.15, -0.1) is 10.2 Å². The number of benzene rings is 2. The predicted molar refractivity (Wildman–Crippen MR) is 102 cm³/mol. The lowest BCUT2D eigenvalue weighted by Crippen LogP contribution is -2.25. The Morgan fingerprint density at radius 1 is 1.04 bits per heavy atom. The van der Waals surface area contributed by atoms with Crippen molar-refractivity contribution >= 4 is 17.4 Å². The molecule has 26 heavy (non-hydrogen) atoms. The summed E-state index contributed by atoms with van der Waals surface area (Å²) in [6.07, 6.45) is 0.997. The highest BCUT2D eigenvalue weighted by atomic mass is 16.1. The van der Waals surface area contributed by atoms with Gasteiger partial charge in [-0.05, 0) is 48.2 Å². The van der Waals surface area contributed by atoms with Crippen LogP contribution in [0.3, 0.4) is 0 Å². The molecule has 1 aliphatic rings. The number of hydrogen-bond donors (Lipinski definition) is 1. The first-order valence-corrected chi connectivity index (χ1v) is 8.74. The fraction of sp³-hybridized carbons (Fsp3) is 0.190. The zero-order chi connectivity index (χ0) is 17.9. The van der Waals surface area contributed by atoms with E-state index in [1.165, 1.54) is 11.3 Å². The molecule has 4 rings (SSSR count). The molecule has 2 aromatic carbocycles. The third-order valence-corrected chi connectivity index (χ3v) is 4.75. The van der Waals surface area contributed by atoms with E-state index in [9.17, 15) is 4.79 Å². The minimum absolute atomic E-state index is 0.214. The van der Waals surface area contributed by atoms with Crippen molar-refractivity contribution in [3.63, 3.8) is 0 Å². The molecule has 0 saturated heterocycles. The van der Waals surface area contributed by atoms with E-state index in [1.54, 1.807) is 6.07 Å². The molecule has 0 unspecified atom stereocenters. The number of hydrogen-bond acceptors (Lipinski definition) is 4. The summed E-state index contributed by atoms with van der Waals surface area (Å²) < 4.78 is 0. The molecular weight excluding hydrogens is 324 g/mol. The van der Waals surface area contributed by atoms with Gasteiger partial charge in [0.1, 0.15) is 0 Å². The maximum absolute atomic E-state index is 12.3. The molecule has 5 nitrogen and oxygen atoms in total. The van der Waals surface area contributed by atoms with E-state index in [-0.39, 0.29) is 5.91 Å². The summed E-state index contributed by atoms with van der Waals surface area (Å²) in [6.45, 7) is 3.39. The van der Waals surface area contributed by atoms with Gasteiger partial charge in [0, 0.05) is 18.8 Å². The summed E-state index contributed by atoms with van der Waals surface area (Å²) in [6, 6.07) is 19.9. The summed E-state index contributed by atoms with van der Waals surface area (Å²) in [7, 11) is 0. The molecule has 130 valence electrons. The van der Waals surface area contributed by atoms with E-state index in [0.29, 0.717) is 12.2 Å². The second-order valence-electron chi connectivity index (χ2n) is 6.42. The first kappa shape index (κ1) is 16.3. The molecule has 1 N–H and O–H groups in total. The second kappa shape index (κ2) is 6.96. The van der Waals surface area contributed by atoms with E-state index in [4.69, 9.17) is 0 Å². The van der Waals surface area contributed by atoms with Crippen LogP contribution in [0.5, 0.6) is 0 Å². The number of nitrogens with zero attached hydrogens (tertiary/aromatic N) is 3. The number of carbonyl (C=O) groups is 1. The Labute approximate surface area is 152 Å². The number of nitrogens with one attached hydrogen (secondary N) is 1. The zero-order valence-corrected chi connectivity index (χ0v) is 14.6. The lowest BCUT2D eigenvalue weighted by molar-refractivity contribution is 0.0945. The van der Waals surface area contributed by atoms with Crippen LogP contribution in [0.25, 0.3) is 0 Å². The number of para-hydroxylation sites is 1. The number of carbonyl (C=O) groups excluding carboxylic acids is 1. The fourth-order valence-corrected chi connectivity index (χ4v) is 3.24. The van der Waals surface area contributed by atoms with Gasteiger partial charge in [-0.3, -0.25) is 4.79 Å².